The van der Waals surface area contributed by atoms with Crippen LogP contribution in [0.4, 0.5) is 0 Å². The minimum atomic E-state index is 1.09. The van der Waals surface area contributed by atoms with Crippen LogP contribution in [0.3, 0.4) is 0 Å². The fourth-order valence-electron chi connectivity index (χ4n) is 0.978. The van der Waals surface area contributed by atoms with Crippen molar-refractivity contribution in [1.82, 2.24) is 0 Å². The Morgan fingerprint density at radius 3 is 2.50 bits per heavy atom. The predicted molar refractivity (Wildman–Crippen MR) is 45.9 cm³/mol. The topological polar surface area (TPSA) is 0 Å². The normalized spacial score (nSPS) is 25.6. The van der Waals surface area contributed by atoms with Gasteiger partial charge in [-0.1, -0.05) is 36.5 Å². The highest BCUT2D eigenvalue weighted by Crippen LogP contribution is 2.01. The molecule has 0 heteroatoms. The van der Waals surface area contributed by atoms with Gasteiger partial charge in [-0.3, -0.25) is 0 Å². The number of rotatable bonds is 0. The van der Waals surface area contributed by atoms with E-state index in [0.717, 1.165) is 6.42 Å². The summed E-state index contributed by atoms with van der Waals surface area (Å²) in [5, 5.41) is 0. The van der Waals surface area contributed by atoms with E-state index in [-0.39, 0.29) is 0 Å². The van der Waals surface area contributed by atoms with Crippen LogP contribution in [0.15, 0.2) is 36.5 Å². The predicted octanol–water partition coefficient (Wildman–Crippen LogP) is 3.23. The van der Waals surface area contributed by atoms with Gasteiger partial charge in [-0.05, 0) is 25.7 Å². The molecule has 0 saturated carbocycles. The van der Waals surface area contributed by atoms with Crippen molar-refractivity contribution in [1.29, 1.82) is 0 Å². The van der Waals surface area contributed by atoms with Gasteiger partial charge in [0.15, 0.2) is 0 Å². The molecule has 1 rings (SSSR count). The van der Waals surface area contributed by atoms with Gasteiger partial charge in [-0.2, -0.15) is 0 Å². The summed E-state index contributed by atoms with van der Waals surface area (Å²) in [6, 6.07) is 0. The Morgan fingerprint density at radius 2 is 1.50 bits per heavy atom. The summed E-state index contributed by atoms with van der Waals surface area (Å²) in [6.45, 7) is 0. The summed E-state index contributed by atoms with van der Waals surface area (Å²) in [5.41, 5.74) is 0. The maximum Gasteiger partial charge on any atom is -0.0166 e. The number of hydrogen-bond donors (Lipinski definition) is 0. The molecule has 0 nitrogen and oxygen atoms in total. The minimum Gasteiger partial charge on any atom is -0.0882 e. The van der Waals surface area contributed by atoms with Crippen LogP contribution in [0.25, 0.3) is 0 Å². The second kappa shape index (κ2) is 5.04. The number of allylic oxidation sites excluding steroid dienone is 6. The molecule has 0 fully saturated rings. The van der Waals surface area contributed by atoms with Gasteiger partial charge in [0.2, 0.25) is 0 Å². The lowest BCUT2D eigenvalue weighted by Crippen LogP contribution is -1.70. The molecule has 0 radical (unpaired) electrons. The Bertz CT molecular complexity index is 149. The van der Waals surface area contributed by atoms with E-state index in [9.17, 15) is 0 Å². The van der Waals surface area contributed by atoms with Gasteiger partial charge in [-0.15, -0.1) is 0 Å². The van der Waals surface area contributed by atoms with Crippen LogP contribution in [0.5, 0.6) is 0 Å². The molecule has 0 aliphatic heterocycles. The Kier molecular flexibility index (Phi) is 3.69. The Hall–Kier alpha value is -0.780. The third-order valence-corrected chi connectivity index (χ3v) is 1.56. The van der Waals surface area contributed by atoms with Crippen LogP contribution in [-0.2, 0) is 0 Å². The first-order valence-corrected chi connectivity index (χ1v) is 3.97. The van der Waals surface area contributed by atoms with E-state index in [1.807, 2.05) is 0 Å². The van der Waals surface area contributed by atoms with Crippen molar-refractivity contribution in [3.8, 4) is 0 Å². The second-order valence-corrected chi connectivity index (χ2v) is 2.49. The highest BCUT2D eigenvalue weighted by atomic mass is 13.9. The van der Waals surface area contributed by atoms with E-state index >= 15 is 0 Å². The van der Waals surface area contributed by atoms with Crippen LogP contribution in [0, 0.1) is 0 Å². The van der Waals surface area contributed by atoms with Gasteiger partial charge < -0.3 is 0 Å². The molecule has 10 heavy (non-hydrogen) atoms. The van der Waals surface area contributed by atoms with E-state index in [4.69, 9.17) is 0 Å². The van der Waals surface area contributed by atoms with Crippen molar-refractivity contribution in [2.24, 2.45) is 0 Å². The average molecular weight is 134 g/mol. The second-order valence-electron chi connectivity index (χ2n) is 2.49. The minimum absolute atomic E-state index is 1.09. The molecule has 0 aromatic carbocycles. The van der Waals surface area contributed by atoms with Gasteiger partial charge in [-0.25, -0.2) is 0 Å². The van der Waals surface area contributed by atoms with E-state index in [2.05, 4.69) is 36.5 Å². The van der Waals surface area contributed by atoms with Crippen molar-refractivity contribution < 1.29 is 0 Å². The molecular formula is C10H14. The molecule has 0 unspecified atom stereocenters. The SMILES string of the molecule is C1=CCCC/C=C\C=C/C1. The number of hydrogen-bond acceptors (Lipinski definition) is 0. The molecular weight excluding hydrogens is 120 g/mol. The average Bonchev–Trinajstić information content (AvgIpc) is 2.01. The summed E-state index contributed by atoms with van der Waals surface area (Å²) in [6.07, 6.45) is 18.0. The van der Waals surface area contributed by atoms with E-state index in [0.29, 0.717) is 0 Å². The first-order valence-electron chi connectivity index (χ1n) is 3.97. The van der Waals surface area contributed by atoms with E-state index < -0.39 is 0 Å². The summed E-state index contributed by atoms with van der Waals surface area (Å²) in [4.78, 5) is 0. The molecule has 54 valence electrons. The third kappa shape index (κ3) is 3.29. The van der Waals surface area contributed by atoms with Gasteiger partial charge in [0.05, 0.1) is 0 Å². The smallest absolute Gasteiger partial charge is 0.0166 e. The quantitative estimate of drug-likeness (QED) is 0.446. The third-order valence-electron chi connectivity index (χ3n) is 1.56. The lowest BCUT2D eigenvalue weighted by molar-refractivity contribution is 0.865. The van der Waals surface area contributed by atoms with Crippen LogP contribution in [-0.4, -0.2) is 0 Å². The van der Waals surface area contributed by atoms with E-state index in [1.54, 1.807) is 0 Å². The molecule has 0 spiro atoms. The van der Waals surface area contributed by atoms with Crippen molar-refractivity contribution in [3.63, 3.8) is 0 Å². The molecule has 0 aromatic rings. The molecule has 0 aromatic heterocycles. The molecule has 0 amide bonds. The highest BCUT2D eigenvalue weighted by Gasteiger charge is 1.80. The van der Waals surface area contributed by atoms with Crippen molar-refractivity contribution in [2.45, 2.75) is 25.7 Å². The first-order chi connectivity index (χ1) is 5.00. The van der Waals surface area contributed by atoms with Crippen molar-refractivity contribution in [2.75, 3.05) is 0 Å². The molecule has 1 aliphatic carbocycles. The van der Waals surface area contributed by atoms with Crippen molar-refractivity contribution in [3.05, 3.63) is 36.5 Å². The monoisotopic (exact) mass is 134 g/mol. The summed E-state index contributed by atoms with van der Waals surface area (Å²) >= 11 is 0. The molecule has 0 heterocycles. The molecule has 0 N–H and O–H groups in total. The Morgan fingerprint density at radius 1 is 0.700 bits per heavy atom. The zero-order valence-electron chi connectivity index (χ0n) is 6.29. The van der Waals surface area contributed by atoms with Gasteiger partial charge in [0.1, 0.15) is 0 Å². The molecule has 0 saturated heterocycles. The fraction of sp³-hybridized carbons (Fsp3) is 0.400. The lowest BCUT2D eigenvalue weighted by Gasteiger charge is -1.91. The highest BCUT2D eigenvalue weighted by molar-refractivity contribution is 5.05. The standard InChI is InChI=1S/C10H14/c1-2-4-6-8-10-9-7-5-3-1/h1-4,7,9H,5-6,8,10H2/b3-1-,4-2-,9-7?. The molecule has 0 atom stereocenters. The van der Waals surface area contributed by atoms with Crippen LogP contribution in [0.2, 0.25) is 0 Å². The maximum atomic E-state index is 2.27. The van der Waals surface area contributed by atoms with Crippen LogP contribution >= 0.6 is 0 Å². The Labute approximate surface area is 62.9 Å². The summed E-state index contributed by atoms with van der Waals surface area (Å²) in [5.74, 6) is 0. The van der Waals surface area contributed by atoms with Crippen LogP contribution < -0.4 is 0 Å². The molecule has 0 bridgehead atoms. The summed E-state index contributed by atoms with van der Waals surface area (Å²) in [7, 11) is 0. The summed E-state index contributed by atoms with van der Waals surface area (Å²) < 4.78 is 0. The molecule has 1 aliphatic rings. The maximum absolute atomic E-state index is 2.27. The van der Waals surface area contributed by atoms with Gasteiger partial charge in [0, 0.05) is 0 Å². The zero-order chi connectivity index (χ0) is 7.07. The van der Waals surface area contributed by atoms with Crippen LogP contribution in [0.1, 0.15) is 25.7 Å². The van der Waals surface area contributed by atoms with Gasteiger partial charge >= 0.3 is 0 Å². The van der Waals surface area contributed by atoms with Crippen molar-refractivity contribution >= 4 is 0 Å². The Balaban J connectivity index is 2.38. The first kappa shape index (κ1) is 7.33. The van der Waals surface area contributed by atoms with E-state index in [1.165, 1.54) is 19.3 Å². The fourth-order valence-corrected chi connectivity index (χ4v) is 0.978. The van der Waals surface area contributed by atoms with Gasteiger partial charge in [0.25, 0.3) is 0 Å². The lowest BCUT2D eigenvalue weighted by atomic mass is 10.2. The zero-order valence-corrected chi connectivity index (χ0v) is 6.29. The largest absolute Gasteiger partial charge is 0.0882 e.